The van der Waals surface area contributed by atoms with Gasteiger partial charge < -0.3 is 5.32 Å². The minimum absolute atomic E-state index is 0.0920. The Balaban J connectivity index is 2.16. The van der Waals surface area contributed by atoms with Crippen LogP contribution in [0.3, 0.4) is 0 Å². The summed E-state index contributed by atoms with van der Waals surface area (Å²) in [7, 11) is -3.63. The normalized spacial score (nSPS) is 11.6. The highest BCUT2D eigenvalue weighted by Crippen LogP contribution is 2.17. The third kappa shape index (κ3) is 5.68. The predicted octanol–water partition coefficient (Wildman–Crippen LogP) is 3.88. The van der Waals surface area contributed by atoms with E-state index in [1.165, 1.54) is 12.1 Å². The van der Waals surface area contributed by atoms with E-state index in [1.807, 2.05) is 45.9 Å². The Kier molecular flexibility index (Phi) is 6.56. The first kappa shape index (κ1) is 20.1. The van der Waals surface area contributed by atoms with E-state index in [1.54, 1.807) is 12.1 Å². The van der Waals surface area contributed by atoms with Crippen molar-refractivity contribution in [3.05, 3.63) is 59.2 Å². The Morgan fingerprint density at radius 1 is 1.04 bits per heavy atom. The summed E-state index contributed by atoms with van der Waals surface area (Å²) in [5.74, 6) is 0.0711. The van der Waals surface area contributed by atoms with Crippen LogP contribution in [0, 0.1) is 19.8 Å². The van der Waals surface area contributed by atoms with Crippen LogP contribution in [0.5, 0.6) is 0 Å². The maximum Gasteiger partial charge on any atom is 0.255 e. The van der Waals surface area contributed by atoms with Gasteiger partial charge in [-0.2, -0.15) is 0 Å². The fourth-order valence-corrected chi connectivity index (χ4v) is 3.71. The van der Waals surface area contributed by atoms with Gasteiger partial charge in [0.15, 0.2) is 0 Å². The monoisotopic (exact) mass is 374 g/mol. The summed E-state index contributed by atoms with van der Waals surface area (Å²) in [6.45, 7) is 8.36. The summed E-state index contributed by atoms with van der Waals surface area (Å²) in [5.41, 5.74) is 3.09. The van der Waals surface area contributed by atoms with E-state index >= 15 is 0 Å². The molecule has 0 aliphatic heterocycles. The molecule has 0 saturated heterocycles. The molecule has 0 bridgehead atoms. The smallest absolute Gasteiger partial charge is 0.255 e. The summed E-state index contributed by atoms with van der Waals surface area (Å²) >= 11 is 0. The second-order valence-corrected chi connectivity index (χ2v) is 8.71. The number of hydrogen-bond acceptors (Lipinski definition) is 3. The van der Waals surface area contributed by atoms with Crippen molar-refractivity contribution in [1.82, 2.24) is 4.72 Å². The number of sulfonamides is 1. The van der Waals surface area contributed by atoms with Gasteiger partial charge in [-0.25, -0.2) is 13.1 Å². The molecule has 1 amide bonds. The minimum Gasteiger partial charge on any atom is -0.322 e. The van der Waals surface area contributed by atoms with Crippen molar-refractivity contribution >= 4 is 21.6 Å². The predicted molar refractivity (Wildman–Crippen MR) is 105 cm³/mol. The van der Waals surface area contributed by atoms with Crippen molar-refractivity contribution in [3.8, 4) is 0 Å². The van der Waals surface area contributed by atoms with Gasteiger partial charge in [0.25, 0.3) is 5.91 Å². The first-order valence-corrected chi connectivity index (χ1v) is 10.1. The van der Waals surface area contributed by atoms with Gasteiger partial charge in [0.05, 0.1) is 4.90 Å². The molecular formula is C20H26N2O3S. The Morgan fingerprint density at radius 2 is 1.69 bits per heavy atom. The van der Waals surface area contributed by atoms with Crippen molar-refractivity contribution in [1.29, 1.82) is 0 Å². The number of carbonyl (C=O) groups excluding carboxylic acids is 1. The molecule has 0 atom stereocenters. The van der Waals surface area contributed by atoms with Gasteiger partial charge >= 0.3 is 0 Å². The summed E-state index contributed by atoms with van der Waals surface area (Å²) in [5, 5.41) is 2.82. The molecule has 2 aromatic carbocycles. The number of nitrogens with one attached hydrogen (secondary N) is 2. The fourth-order valence-electron chi connectivity index (χ4n) is 2.62. The Morgan fingerprint density at radius 3 is 2.31 bits per heavy atom. The zero-order chi connectivity index (χ0) is 19.3. The van der Waals surface area contributed by atoms with E-state index in [9.17, 15) is 13.2 Å². The van der Waals surface area contributed by atoms with E-state index in [0.717, 1.165) is 17.5 Å². The topological polar surface area (TPSA) is 75.3 Å². The molecule has 2 aromatic rings. The quantitative estimate of drug-likeness (QED) is 0.772. The summed E-state index contributed by atoms with van der Waals surface area (Å²) in [4.78, 5) is 12.6. The molecule has 5 nitrogen and oxygen atoms in total. The van der Waals surface area contributed by atoms with Gasteiger partial charge in [-0.15, -0.1) is 0 Å². The molecule has 2 N–H and O–H groups in total. The number of carbonyl (C=O) groups is 1. The molecule has 0 radical (unpaired) electrons. The number of rotatable bonds is 7. The van der Waals surface area contributed by atoms with Crippen LogP contribution in [-0.2, 0) is 10.0 Å². The van der Waals surface area contributed by atoms with Crippen molar-refractivity contribution in [2.75, 3.05) is 11.9 Å². The van der Waals surface area contributed by atoms with Crippen LogP contribution in [-0.4, -0.2) is 20.9 Å². The molecule has 0 aliphatic rings. The summed E-state index contributed by atoms with van der Waals surface area (Å²) < 4.78 is 27.4. The molecule has 0 saturated carbocycles. The van der Waals surface area contributed by atoms with Gasteiger partial charge in [-0.3, -0.25) is 4.79 Å². The number of benzene rings is 2. The van der Waals surface area contributed by atoms with Crippen LogP contribution in [0.4, 0.5) is 5.69 Å². The molecule has 2 rings (SSSR count). The third-order valence-electron chi connectivity index (χ3n) is 3.90. The first-order chi connectivity index (χ1) is 12.2. The lowest BCUT2D eigenvalue weighted by Gasteiger charge is -2.10. The lowest BCUT2D eigenvalue weighted by atomic mass is 10.1. The third-order valence-corrected chi connectivity index (χ3v) is 5.36. The molecule has 140 valence electrons. The molecule has 0 heterocycles. The van der Waals surface area contributed by atoms with Crippen molar-refractivity contribution in [2.24, 2.45) is 5.92 Å². The lowest BCUT2D eigenvalue weighted by Crippen LogP contribution is -2.26. The van der Waals surface area contributed by atoms with Crippen LogP contribution in [0.25, 0.3) is 0 Å². The Labute approximate surface area is 155 Å². The standard InChI is InChI=1S/C20H26N2O3S/c1-14(2)8-9-21-26(24,25)19-7-5-6-17(13-19)20(23)22-18-11-15(3)10-16(4)12-18/h5-7,10-14,21H,8-9H2,1-4H3,(H,22,23). The average Bonchev–Trinajstić information content (AvgIpc) is 2.53. The molecule has 6 heteroatoms. The van der Waals surface area contributed by atoms with E-state index in [2.05, 4.69) is 10.0 Å². The van der Waals surface area contributed by atoms with Gasteiger partial charge in [-0.1, -0.05) is 26.0 Å². The zero-order valence-corrected chi connectivity index (χ0v) is 16.5. The Hall–Kier alpha value is -2.18. The first-order valence-electron chi connectivity index (χ1n) is 8.67. The molecule has 0 unspecified atom stereocenters. The van der Waals surface area contributed by atoms with E-state index in [-0.39, 0.29) is 10.8 Å². The van der Waals surface area contributed by atoms with Crippen molar-refractivity contribution in [3.63, 3.8) is 0 Å². The van der Waals surface area contributed by atoms with Crippen molar-refractivity contribution < 1.29 is 13.2 Å². The molecule has 0 aliphatic carbocycles. The maximum atomic E-state index is 12.5. The van der Waals surface area contributed by atoms with Crippen LogP contribution in [0.1, 0.15) is 41.8 Å². The highest BCUT2D eigenvalue weighted by Gasteiger charge is 2.16. The largest absolute Gasteiger partial charge is 0.322 e. The molecule has 0 spiro atoms. The Bertz CT molecular complexity index is 869. The molecular weight excluding hydrogens is 348 g/mol. The van der Waals surface area contributed by atoms with Gasteiger partial charge in [-0.05, 0) is 67.6 Å². The molecule has 26 heavy (non-hydrogen) atoms. The van der Waals surface area contributed by atoms with Crippen molar-refractivity contribution in [2.45, 2.75) is 39.0 Å². The fraction of sp³-hybridized carbons (Fsp3) is 0.350. The van der Waals surface area contributed by atoms with E-state index in [0.29, 0.717) is 23.7 Å². The highest BCUT2D eigenvalue weighted by atomic mass is 32.2. The SMILES string of the molecule is Cc1cc(C)cc(NC(=O)c2cccc(S(=O)(=O)NCCC(C)C)c2)c1. The summed E-state index contributed by atoms with van der Waals surface area (Å²) in [6.07, 6.45) is 0.756. The second-order valence-electron chi connectivity index (χ2n) is 6.94. The number of hydrogen-bond donors (Lipinski definition) is 2. The number of anilines is 1. The van der Waals surface area contributed by atoms with Gasteiger partial charge in [0.1, 0.15) is 0 Å². The van der Waals surface area contributed by atoms with Crippen LogP contribution in [0.15, 0.2) is 47.4 Å². The molecule has 0 aromatic heterocycles. The highest BCUT2D eigenvalue weighted by molar-refractivity contribution is 7.89. The zero-order valence-electron chi connectivity index (χ0n) is 15.7. The lowest BCUT2D eigenvalue weighted by molar-refractivity contribution is 0.102. The van der Waals surface area contributed by atoms with E-state index < -0.39 is 10.0 Å². The van der Waals surface area contributed by atoms with E-state index in [4.69, 9.17) is 0 Å². The maximum absolute atomic E-state index is 12.5. The summed E-state index contributed by atoms with van der Waals surface area (Å²) in [6, 6.07) is 11.8. The van der Waals surface area contributed by atoms with Crippen LogP contribution >= 0.6 is 0 Å². The number of aryl methyl sites for hydroxylation is 2. The number of amides is 1. The van der Waals surface area contributed by atoms with Crippen LogP contribution in [0.2, 0.25) is 0 Å². The van der Waals surface area contributed by atoms with Gasteiger partial charge in [0, 0.05) is 17.8 Å². The van der Waals surface area contributed by atoms with Gasteiger partial charge in [0.2, 0.25) is 10.0 Å². The molecule has 0 fully saturated rings. The minimum atomic E-state index is -3.63. The van der Waals surface area contributed by atoms with Crippen LogP contribution < -0.4 is 10.0 Å². The average molecular weight is 375 g/mol. The second kappa shape index (κ2) is 8.47.